The second kappa shape index (κ2) is 8.10. The van der Waals surface area contributed by atoms with Gasteiger partial charge in [0.25, 0.3) is 0 Å². The summed E-state index contributed by atoms with van der Waals surface area (Å²) in [4.78, 5) is -0.0754. The lowest BCUT2D eigenvalue weighted by atomic mass is 10.2. The van der Waals surface area contributed by atoms with E-state index in [0.717, 1.165) is 12.1 Å². The van der Waals surface area contributed by atoms with E-state index in [9.17, 15) is 12.8 Å². The van der Waals surface area contributed by atoms with Gasteiger partial charge in [-0.15, -0.1) is 0 Å². The lowest BCUT2D eigenvalue weighted by Crippen LogP contribution is -2.32. The summed E-state index contributed by atoms with van der Waals surface area (Å²) in [6, 6.07) is 3.33. The predicted octanol–water partition coefficient (Wildman–Crippen LogP) is 0.839. The molecule has 1 rings (SSSR count). The van der Waals surface area contributed by atoms with Crippen molar-refractivity contribution in [3.8, 4) is 11.8 Å². The van der Waals surface area contributed by atoms with E-state index < -0.39 is 15.8 Å². The Morgan fingerprint density at radius 1 is 1.48 bits per heavy atom. The van der Waals surface area contributed by atoms with Crippen molar-refractivity contribution in [2.75, 3.05) is 19.7 Å². The maximum Gasteiger partial charge on any atom is 0.241 e. The topological polar surface area (TPSA) is 81.4 Å². The standard InChI is InChI=1S/C14H19FN2O3S/c1-3-20-11(2)10-17-21(18,19)14-7-6-13(15)9-12(14)5-4-8-16/h6-7,9,11,17H,3,8,10,16H2,1-2H3. The molecule has 0 amide bonds. The first-order valence-electron chi connectivity index (χ1n) is 6.50. The molecule has 0 spiro atoms. The number of rotatable bonds is 6. The van der Waals surface area contributed by atoms with Crippen LogP contribution in [-0.4, -0.2) is 34.2 Å². The summed E-state index contributed by atoms with van der Waals surface area (Å²) in [6.07, 6.45) is -0.260. The van der Waals surface area contributed by atoms with Gasteiger partial charge in [0.05, 0.1) is 17.5 Å². The van der Waals surface area contributed by atoms with Crippen LogP contribution in [-0.2, 0) is 14.8 Å². The van der Waals surface area contributed by atoms with Gasteiger partial charge in [-0.25, -0.2) is 17.5 Å². The molecule has 0 aromatic heterocycles. The van der Waals surface area contributed by atoms with E-state index in [2.05, 4.69) is 16.6 Å². The maximum absolute atomic E-state index is 13.2. The minimum Gasteiger partial charge on any atom is -0.377 e. The van der Waals surface area contributed by atoms with E-state index in [1.807, 2.05) is 6.92 Å². The van der Waals surface area contributed by atoms with Crippen LogP contribution in [0.2, 0.25) is 0 Å². The van der Waals surface area contributed by atoms with Crippen molar-refractivity contribution >= 4 is 10.0 Å². The van der Waals surface area contributed by atoms with Crippen molar-refractivity contribution in [1.29, 1.82) is 0 Å². The molecular weight excluding hydrogens is 295 g/mol. The summed E-state index contributed by atoms with van der Waals surface area (Å²) in [6.45, 7) is 4.26. The van der Waals surface area contributed by atoms with Gasteiger partial charge in [-0.3, -0.25) is 0 Å². The molecule has 0 aliphatic carbocycles. The van der Waals surface area contributed by atoms with Crippen LogP contribution in [0.1, 0.15) is 19.4 Å². The summed E-state index contributed by atoms with van der Waals surface area (Å²) in [7, 11) is -3.79. The van der Waals surface area contributed by atoms with E-state index in [4.69, 9.17) is 10.5 Å². The molecule has 0 aliphatic heterocycles. The van der Waals surface area contributed by atoms with E-state index >= 15 is 0 Å². The Bertz CT molecular complexity index is 635. The van der Waals surface area contributed by atoms with Crippen LogP contribution in [0.25, 0.3) is 0 Å². The first-order valence-corrected chi connectivity index (χ1v) is 7.98. The highest BCUT2D eigenvalue weighted by molar-refractivity contribution is 7.89. The highest BCUT2D eigenvalue weighted by Gasteiger charge is 2.19. The number of ether oxygens (including phenoxy) is 1. The zero-order chi connectivity index (χ0) is 15.9. The van der Waals surface area contributed by atoms with Crippen LogP contribution in [0, 0.1) is 17.7 Å². The van der Waals surface area contributed by atoms with Crippen molar-refractivity contribution in [2.24, 2.45) is 5.73 Å². The van der Waals surface area contributed by atoms with Gasteiger partial charge < -0.3 is 10.5 Å². The Morgan fingerprint density at radius 3 is 2.81 bits per heavy atom. The van der Waals surface area contributed by atoms with Crippen LogP contribution in [0.15, 0.2) is 23.1 Å². The third-order valence-electron chi connectivity index (χ3n) is 2.57. The van der Waals surface area contributed by atoms with E-state index in [1.165, 1.54) is 6.07 Å². The number of hydrogen-bond donors (Lipinski definition) is 2. The molecule has 0 fully saturated rings. The molecule has 0 radical (unpaired) electrons. The van der Waals surface area contributed by atoms with Gasteiger partial charge in [0.15, 0.2) is 0 Å². The molecule has 1 unspecified atom stereocenters. The van der Waals surface area contributed by atoms with Gasteiger partial charge in [-0.1, -0.05) is 11.8 Å². The lowest BCUT2D eigenvalue weighted by Gasteiger charge is -2.13. The monoisotopic (exact) mass is 314 g/mol. The van der Waals surface area contributed by atoms with Crippen molar-refractivity contribution in [3.63, 3.8) is 0 Å². The summed E-state index contributed by atoms with van der Waals surface area (Å²) in [5.41, 5.74) is 5.34. The van der Waals surface area contributed by atoms with Gasteiger partial charge in [0, 0.05) is 18.7 Å². The molecule has 1 aromatic carbocycles. The molecule has 3 N–H and O–H groups in total. The molecule has 5 nitrogen and oxygen atoms in total. The minimum absolute atomic E-state index is 0.0603. The van der Waals surface area contributed by atoms with Crippen LogP contribution in [0.5, 0.6) is 0 Å². The Kier molecular flexibility index (Phi) is 6.78. The molecule has 0 bridgehead atoms. The fourth-order valence-corrected chi connectivity index (χ4v) is 2.89. The van der Waals surface area contributed by atoms with Crippen LogP contribution in [0.4, 0.5) is 4.39 Å². The zero-order valence-corrected chi connectivity index (χ0v) is 12.8. The molecule has 0 heterocycles. The van der Waals surface area contributed by atoms with Gasteiger partial charge in [-0.05, 0) is 32.0 Å². The third-order valence-corrected chi connectivity index (χ3v) is 4.05. The van der Waals surface area contributed by atoms with Crippen molar-refractivity contribution in [1.82, 2.24) is 4.72 Å². The number of halogens is 1. The molecule has 7 heteroatoms. The van der Waals surface area contributed by atoms with E-state index in [-0.39, 0.29) is 29.7 Å². The van der Waals surface area contributed by atoms with Crippen LogP contribution < -0.4 is 10.5 Å². The minimum atomic E-state index is -3.79. The second-order valence-corrected chi connectivity index (χ2v) is 6.00. The maximum atomic E-state index is 13.2. The average Bonchev–Trinajstić information content (AvgIpc) is 2.43. The number of nitrogens with one attached hydrogen (secondary N) is 1. The lowest BCUT2D eigenvalue weighted by molar-refractivity contribution is 0.0799. The summed E-state index contributed by atoms with van der Waals surface area (Å²) in [5, 5.41) is 0. The molecule has 1 aromatic rings. The zero-order valence-electron chi connectivity index (χ0n) is 12.0. The second-order valence-electron chi connectivity index (χ2n) is 4.26. The van der Waals surface area contributed by atoms with Gasteiger partial charge in [0.2, 0.25) is 10.0 Å². The number of benzene rings is 1. The smallest absolute Gasteiger partial charge is 0.241 e. The molecule has 116 valence electrons. The number of sulfonamides is 1. The summed E-state index contributed by atoms with van der Waals surface area (Å²) < 4.78 is 45.4. The molecular formula is C14H19FN2O3S. The van der Waals surface area contributed by atoms with E-state index in [0.29, 0.717) is 6.61 Å². The highest BCUT2D eigenvalue weighted by atomic mass is 32.2. The van der Waals surface area contributed by atoms with Gasteiger partial charge in [-0.2, -0.15) is 0 Å². The van der Waals surface area contributed by atoms with Crippen molar-refractivity contribution < 1.29 is 17.5 Å². The third kappa shape index (κ3) is 5.44. The van der Waals surface area contributed by atoms with Crippen molar-refractivity contribution in [2.45, 2.75) is 24.8 Å². The summed E-state index contributed by atoms with van der Waals surface area (Å²) in [5.74, 6) is 4.53. The fraction of sp³-hybridized carbons (Fsp3) is 0.429. The van der Waals surface area contributed by atoms with E-state index in [1.54, 1.807) is 6.92 Å². The molecule has 1 atom stereocenters. The summed E-state index contributed by atoms with van der Waals surface area (Å²) >= 11 is 0. The highest BCUT2D eigenvalue weighted by Crippen LogP contribution is 2.16. The Labute approximate surface area is 124 Å². The largest absolute Gasteiger partial charge is 0.377 e. The van der Waals surface area contributed by atoms with Gasteiger partial charge in [0.1, 0.15) is 5.82 Å². The first-order chi connectivity index (χ1) is 9.90. The number of hydrogen-bond acceptors (Lipinski definition) is 4. The Hall–Kier alpha value is -1.46. The van der Waals surface area contributed by atoms with Crippen molar-refractivity contribution in [3.05, 3.63) is 29.6 Å². The van der Waals surface area contributed by atoms with Crippen LogP contribution in [0.3, 0.4) is 0 Å². The Balaban J connectivity index is 3.02. The molecule has 0 saturated heterocycles. The first kappa shape index (κ1) is 17.6. The molecule has 0 saturated carbocycles. The molecule has 21 heavy (non-hydrogen) atoms. The normalized spacial score (nSPS) is 12.6. The predicted molar refractivity (Wildman–Crippen MR) is 78.6 cm³/mol. The molecule has 0 aliphatic rings. The number of nitrogens with two attached hydrogens (primary N) is 1. The average molecular weight is 314 g/mol. The van der Waals surface area contributed by atoms with Gasteiger partial charge >= 0.3 is 0 Å². The Morgan fingerprint density at radius 2 is 2.19 bits per heavy atom. The fourth-order valence-electron chi connectivity index (χ4n) is 1.63. The SMILES string of the molecule is CCOC(C)CNS(=O)(=O)c1ccc(F)cc1C#CCN. The van der Waals surface area contributed by atoms with Crippen LogP contribution >= 0.6 is 0 Å². The quantitative estimate of drug-likeness (QED) is 0.762.